The van der Waals surface area contributed by atoms with Crippen LogP contribution in [0, 0.1) is 16.0 Å². The van der Waals surface area contributed by atoms with Gasteiger partial charge in [-0.25, -0.2) is 0 Å². The molecule has 0 aromatic carbocycles. The van der Waals surface area contributed by atoms with Crippen molar-refractivity contribution in [2.45, 2.75) is 13.5 Å². The smallest absolute Gasteiger partial charge is 0.324 e. The standard InChI is InChI=1S/C10H14N2O4S/c1-7(10(13)14)4-11(2)5-8-3-9(12(15)16)17-6-8/h3,6-7H,4-5H2,1-2H3,(H,13,14). The second kappa shape index (κ2) is 5.74. The lowest BCUT2D eigenvalue weighted by atomic mass is 10.1. The van der Waals surface area contributed by atoms with Crippen LogP contribution in [0.2, 0.25) is 0 Å². The monoisotopic (exact) mass is 258 g/mol. The highest BCUT2D eigenvalue weighted by molar-refractivity contribution is 7.13. The van der Waals surface area contributed by atoms with Gasteiger partial charge in [0.15, 0.2) is 0 Å². The lowest BCUT2D eigenvalue weighted by Crippen LogP contribution is -2.28. The van der Waals surface area contributed by atoms with Crippen molar-refractivity contribution in [3.8, 4) is 0 Å². The number of nitro groups is 1. The fourth-order valence-corrected chi connectivity index (χ4v) is 2.18. The first-order chi connectivity index (χ1) is 7.90. The molecule has 94 valence electrons. The second-order valence-corrected chi connectivity index (χ2v) is 4.88. The van der Waals surface area contributed by atoms with Gasteiger partial charge in [0.05, 0.1) is 10.8 Å². The molecule has 0 amide bonds. The molecule has 6 nitrogen and oxygen atoms in total. The number of hydrogen-bond acceptors (Lipinski definition) is 5. The third-order valence-electron chi connectivity index (χ3n) is 2.28. The highest BCUT2D eigenvalue weighted by atomic mass is 32.1. The Morgan fingerprint density at radius 1 is 1.71 bits per heavy atom. The molecular formula is C10H14N2O4S. The first-order valence-corrected chi connectivity index (χ1v) is 5.91. The highest BCUT2D eigenvalue weighted by Crippen LogP contribution is 2.23. The second-order valence-electron chi connectivity index (χ2n) is 3.99. The minimum absolute atomic E-state index is 0.111. The Hall–Kier alpha value is -1.47. The molecule has 0 aliphatic carbocycles. The van der Waals surface area contributed by atoms with Gasteiger partial charge in [-0.1, -0.05) is 18.3 Å². The first-order valence-electron chi connectivity index (χ1n) is 5.03. The van der Waals surface area contributed by atoms with E-state index in [-0.39, 0.29) is 5.00 Å². The largest absolute Gasteiger partial charge is 0.481 e. The third kappa shape index (κ3) is 4.12. The van der Waals surface area contributed by atoms with E-state index in [2.05, 4.69) is 0 Å². The summed E-state index contributed by atoms with van der Waals surface area (Å²) in [5.41, 5.74) is 0.835. The fourth-order valence-electron chi connectivity index (χ4n) is 1.46. The molecule has 0 radical (unpaired) electrons. The van der Waals surface area contributed by atoms with Crippen LogP contribution in [0.4, 0.5) is 5.00 Å². The van der Waals surface area contributed by atoms with Crippen LogP contribution in [0.3, 0.4) is 0 Å². The van der Waals surface area contributed by atoms with E-state index < -0.39 is 16.8 Å². The van der Waals surface area contributed by atoms with Crippen molar-refractivity contribution >= 4 is 22.3 Å². The van der Waals surface area contributed by atoms with Crippen LogP contribution >= 0.6 is 11.3 Å². The lowest BCUT2D eigenvalue weighted by molar-refractivity contribution is -0.380. The van der Waals surface area contributed by atoms with E-state index in [0.717, 1.165) is 16.9 Å². The summed E-state index contributed by atoms with van der Waals surface area (Å²) in [6, 6.07) is 1.52. The number of thiophene rings is 1. The van der Waals surface area contributed by atoms with E-state index >= 15 is 0 Å². The molecule has 17 heavy (non-hydrogen) atoms. The molecule has 0 aliphatic heterocycles. The molecule has 1 rings (SSSR count). The topological polar surface area (TPSA) is 83.7 Å². The molecule has 0 bridgehead atoms. The van der Waals surface area contributed by atoms with Gasteiger partial charge in [0.25, 0.3) is 0 Å². The van der Waals surface area contributed by atoms with Gasteiger partial charge in [-0.2, -0.15) is 0 Å². The van der Waals surface area contributed by atoms with Crippen molar-refractivity contribution in [1.82, 2.24) is 4.90 Å². The third-order valence-corrected chi connectivity index (χ3v) is 3.21. The maximum Gasteiger partial charge on any atom is 0.324 e. The molecule has 0 saturated carbocycles. The maximum atomic E-state index is 10.7. The zero-order chi connectivity index (χ0) is 13.0. The van der Waals surface area contributed by atoms with Crippen LogP contribution in [-0.4, -0.2) is 34.5 Å². The maximum absolute atomic E-state index is 10.7. The van der Waals surface area contributed by atoms with Gasteiger partial charge in [-0.15, -0.1) is 0 Å². The van der Waals surface area contributed by atoms with Crippen molar-refractivity contribution in [2.24, 2.45) is 5.92 Å². The molecule has 1 heterocycles. The van der Waals surface area contributed by atoms with Gasteiger partial charge in [-0.3, -0.25) is 14.9 Å². The Labute approximate surface area is 103 Å². The molecule has 1 N–H and O–H groups in total. The predicted octanol–water partition coefficient (Wildman–Crippen LogP) is 1.81. The number of carboxylic acid groups (broad SMARTS) is 1. The summed E-state index contributed by atoms with van der Waals surface area (Å²) in [7, 11) is 1.79. The summed E-state index contributed by atoms with van der Waals surface area (Å²) in [5.74, 6) is -1.29. The summed E-state index contributed by atoms with van der Waals surface area (Å²) in [6.45, 7) is 2.57. The van der Waals surface area contributed by atoms with Crippen molar-refractivity contribution in [3.63, 3.8) is 0 Å². The van der Waals surface area contributed by atoms with Gasteiger partial charge in [0, 0.05) is 24.5 Å². The number of hydrogen-bond donors (Lipinski definition) is 1. The Balaban J connectivity index is 2.53. The van der Waals surface area contributed by atoms with Crippen molar-refractivity contribution in [2.75, 3.05) is 13.6 Å². The number of carbonyl (C=O) groups is 1. The molecule has 1 aromatic heterocycles. The van der Waals surface area contributed by atoms with Crippen molar-refractivity contribution in [3.05, 3.63) is 27.1 Å². The van der Waals surface area contributed by atoms with E-state index in [9.17, 15) is 14.9 Å². The Morgan fingerprint density at radius 3 is 2.82 bits per heavy atom. The SMILES string of the molecule is CC(CN(C)Cc1csc([N+](=O)[O-])c1)C(=O)O. The quantitative estimate of drug-likeness (QED) is 0.621. The van der Waals surface area contributed by atoms with Crippen LogP contribution in [0.25, 0.3) is 0 Å². The molecule has 0 fully saturated rings. The van der Waals surface area contributed by atoms with E-state index in [4.69, 9.17) is 5.11 Å². The summed E-state index contributed by atoms with van der Waals surface area (Å²) in [4.78, 5) is 22.6. The van der Waals surface area contributed by atoms with E-state index in [1.54, 1.807) is 19.4 Å². The van der Waals surface area contributed by atoms with Crippen LogP contribution in [-0.2, 0) is 11.3 Å². The van der Waals surface area contributed by atoms with Crippen molar-refractivity contribution in [1.29, 1.82) is 0 Å². The molecule has 7 heteroatoms. The summed E-state index contributed by atoms with van der Waals surface area (Å²) in [6.07, 6.45) is 0. The Kier molecular flexibility index (Phi) is 4.59. The van der Waals surface area contributed by atoms with Crippen molar-refractivity contribution < 1.29 is 14.8 Å². The average Bonchev–Trinajstić information content (AvgIpc) is 2.65. The fraction of sp³-hybridized carbons (Fsp3) is 0.500. The summed E-state index contributed by atoms with van der Waals surface area (Å²) >= 11 is 1.08. The van der Waals surface area contributed by atoms with Gasteiger partial charge >= 0.3 is 11.0 Å². The van der Waals surface area contributed by atoms with Gasteiger partial charge in [0.1, 0.15) is 0 Å². The number of rotatable bonds is 6. The van der Waals surface area contributed by atoms with Gasteiger partial charge in [0.2, 0.25) is 0 Å². The first kappa shape index (κ1) is 13.6. The van der Waals surface area contributed by atoms with Crippen LogP contribution in [0.5, 0.6) is 0 Å². The number of nitrogens with zero attached hydrogens (tertiary/aromatic N) is 2. The zero-order valence-electron chi connectivity index (χ0n) is 9.62. The molecule has 0 spiro atoms. The van der Waals surface area contributed by atoms with E-state index in [1.807, 2.05) is 4.90 Å². The minimum Gasteiger partial charge on any atom is -0.481 e. The van der Waals surface area contributed by atoms with E-state index in [0.29, 0.717) is 13.1 Å². The number of carboxylic acids is 1. The molecule has 1 aromatic rings. The molecule has 0 aliphatic rings. The predicted molar refractivity (Wildman–Crippen MR) is 64.1 cm³/mol. The normalized spacial score (nSPS) is 12.6. The molecular weight excluding hydrogens is 244 g/mol. The molecule has 1 unspecified atom stereocenters. The minimum atomic E-state index is -0.840. The van der Waals surface area contributed by atoms with Crippen LogP contribution in [0.1, 0.15) is 12.5 Å². The van der Waals surface area contributed by atoms with Gasteiger partial charge < -0.3 is 10.0 Å². The van der Waals surface area contributed by atoms with Crippen LogP contribution in [0.15, 0.2) is 11.4 Å². The highest BCUT2D eigenvalue weighted by Gasteiger charge is 2.15. The molecule has 1 atom stereocenters. The molecule has 0 saturated heterocycles. The Morgan fingerprint density at radius 2 is 2.35 bits per heavy atom. The average molecular weight is 258 g/mol. The van der Waals surface area contributed by atoms with Gasteiger partial charge in [-0.05, 0) is 12.6 Å². The van der Waals surface area contributed by atoms with E-state index in [1.165, 1.54) is 6.07 Å². The number of aliphatic carboxylic acids is 1. The summed E-state index contributed by atoms with van der Waals surface area (Å²) in [5, 5.41) is 21.1. The Bertz CT molecular complexity index is 418. The lowest BCUT2D eigenvalue weighted by Gasteiger charge is -2.17. The zero-order valence-corrected chi connectivity index (χ0v) is 10.4. The van der Waals surface area contributed by atoms with Crippen LogP contribution < -0.4 is 0 Å². The summed E-state index contributed by atoms with van der Waals surface area (Å²) < 4.78 is 0.